The lowest BCUT2D eigenvalue weighted by Crippen LogP contribution is -2.32. The van der Waals surface area contributed by atoms with Crippen LogP contribution in [-0.4, -0.2) is 31.1 Å². The molecule has 1 aromatic heterocycles. The summed E-state index contributed by atoms with van der Waals surface area (Å²) in [6, 6.07) is 8.31. The van der Waals surface area contributed by atoms with Crippen LogP contribution in [0.3, 0.4) is 0 Å². The summed E-state index contributed by atoms with van der Waals surface area (Å²) in [5.41, 5.74) is 7.22. The second-order valence-corrected chi connectivity index (χ2v) is 7.95. The molecule has 0 aliphatic heterocycles. The topological polar surface area (TPSA) is 109 Å². The van der Waals surface area contributed by atoms with Gasteiger partial charge in [-0.3, -0.25) is 0 Å². The van der Waals surface area contributed by atoms with Gasteiger partial charge in [-0.1, -0.05) is 51.1 Å². The van der Waals surface area contributed by atoms with Gasteiger partial charge >= 0.3 is 6.09 Å². The van der Waals surface area contributed by atoms with Crippen LogP contribution in [-0.2, 0) is 20.8 Å². The zero-order valence-corrected chi connectivity index (χ0v) is 22.1. The highest BCUT2D eigenvalue weighted by molar-refractivity contribution is 5.98. The fourth-order valence-electron chi connectivity index (χ4n) is 3.19. The highest BCUT2D eigenvalue weighted by Crippen LogP contribution is 2.37. The number of anilines is 1. The van der Waals surface area contributed by atoms with Crippen molar-refractivity contribution in [1.82, 2.24) is 10.5 Å². The number of aromatic nitrogens is 1. The number of hydrogen-bond donors (Lipinski definition) is 2. The summed E-state index contributed by atoms with van der Waals surface area (Å²) in [5, 5.41) is 6.89. The molecule has 0 spiro atoms. The van der Waals surface area contributed by atoms with Crippen LogP contribution in [0.1, 0.15) is 65.9 Å². The molecule has 0 unspecified atom stereocenters. The van der Waals surface area contributed by atoms with Gasteiger partial charge in [-0.15, -0.1) is 0 Å². The van der Waals surface area contributed by atoms with Crippen molar-refractivity contribution in [2.75, 3.05) is 20.0 Å². The zero-order chi connectivity index (χ0) is 26.8. The van der Waals surface area contributed by atoms with Crippen molar-refractivity contribution in [2.45, 2.75) is 66.9 Å². The standard InChI is InChI=1S/C22H26FN3O5.2C2H6/c1-22(2,3)30-21(27)25-11-12-7-6-8-14(17(12)23)15-9-13(20(28-4)29-5)10-16-18(15)31-26-19(16)24;2*1-2/h6-10,20H,11H2,1-5H3,(H2,24,26)(H,25,27);2*1-2H3. The third kappa shape index (κ3) is 7.66. The predicted molar refractivity (Wildman–Crippen MR) is 136 cm³/mol. The number of carbonyl (C=O) groups excluding carboxylic acids is 1. The van der Waals surface area contributed by atoms with E-state index in [4.69, 9.17) is 24.5 Å². The molecule has 2 aromatic carbocycles. The summed E-state index contributed by atoms with van der Waals surface area (Å²) >= 11 is 0. The number of amides is 1. The summed E-state index contributed by atoms with van der Waals surface area (Å²) in [4.78, 5) is 11.9. The molecule has 0 fully saturated rings. The second-order valence-electron chi connectivity index (χ2n) is 7.95. The number of nitrogen functional groups attached to an aromatic ring is 1. The summed E-state index contributed by atoms with van der Waals surface area (Å²) in [7, 11) is 3.00. The maximum Gasteiger partial charge on any atom is 0.407 e. The Labute approximate surface area is 206 Å². The number of benzene rings is 2. The monoisotopic (exact) mass is 491 g/mol. The summed E-state index contributed by atoms with van der Waals surface area (Å²) in [6.07, 6.45) is -1.31. The first kappa shape index (κ1) is 29.9. The van der Waals surface area contributed by atoms with E-state index in [2.05, 4.69) is 10.5 Å². The van der Waals surface area contributed by atoms with Gasteiger partial charge < -0.3 is 29.8 Å². The van der Waals surface area contributed by atoms with Crippen LogP contribution >= 0.6 is 0 Å². The number of alkyl carbamates (subject to hydrolysis) is 1. The number of halogens is 1. The highest BCUT2D eigenvalue weighted by atomic mass is 19.1. The molecule has 9 heteroatoms. The number of nitrogens with zero attached hydrogens (tertiary/aromatic N) is 1. The molecule has 1 heterocycles. The minimum Gasteiger partial charge on any atom is -0.444 e. The third-order valence-electron chi connectivity index (χ3n) is 4.51. The Morgan fingerprint density at radius 3 is 2.31 bits per heavy atom. The van der Waals surface area contributed by atoms with E-state index in [9.17, 15) is 4.79 Å². The minimum atomic E-state index is -0.683. The second kappa shape index (κ2) is 13.7. The molecule has 0 aliphatic rings. The molecule has 0 bridgehead atoms. The summed E-state index contributed by atoms with van der Waals surface area (Å²) < 4.78 is 36.7. The van der Waals surface area contributed by atoms with Crippen molar-refractivity contribution >= 4 is 22.9 Å². The van der Waals surface area contributed by atoms with E-state index in [1.165, 1.54) is 14.2 Å². The first-order valence-corrected chi connectivity index (χ1v) is 11.6. The van der Waals surface area contributed by atoms with Gasteiger partial charge in [0.15, 0.2) is 17.7 Å². The lowest BCUT2D eigenvalue weighted by Gasteiger charge is -2.20. The Hall–Kier alpha value is -3.17. The van der Waals surface area contributed by atoms with Crippen molar-refractivity contribution in [2.24, 2.45) is 0 Å². The largest absolute Gasteiger partial charge is 0.444 e. The number of methoxy groups -OCH3 is 2. The van der Waals surface area contributed by atoms with E-state index in [1.54, 1.807) is 51.1 Å². The van der Waals surface area contributed by atoms with Crippen LogP contribution in [0.5, 0.6) is 0 Å². The van der Waals surface area contributed by atoms with Gasteiger partial charge in [-0.25, -0.2) is 9.18 Å². The lowest BCUT2D eigenvalue weighted by atomic mass is 9.97. The van der Waals surface area contributed by atoms with Crippen LogP contribution in [0.15, 0.2) is 34.9 Å². The molecular weight excluding hydrogens is 453 g/mol. The number of fused-ring (bicyclic) bond motifs is 1. The molecule has 0 saturated carbocycles. The van der Waals surface area contributed by atoms with E-state index in [1.807, 2.05) is 27.7 Å². The molecule has 35 heavy (non-hydrogen) atoms. The number of nitrogens with one attached hydrogen (secondary N) is 1. The van der Waals surface area contributed by atoms with Gasteiger partial charge in [0.1, 0.15) is 11.4 Å². The number of carbonyl (C=O) groups is 1. The molecule has 0 aliphatic carbocycles. The van der Waals surface area contributed by atoms with Crippen LogP contribution in [0, 0.1) is 5.82 Å². The number of nitrogens with two attached hydrogens (primary N) is 1. The maximum atomic E-state index is 15.4. The van der Waals surface area contributed by atoms with Gasteiger partial charge in [0, 0.05) is 43.0 Å². The van der Waals surface area contributed by atoms with Gasteiger partial charge in [0.2, 0.25) is 0 Å². The van der Waals surface area contributed by atoms with E-state index in [0.717, 1.165) is 0 Å². The summed E-state index contributed by atoms with van der Waals surface area (Å²) in [5.74, 6) is -0.342. The molecule has 3 N–H and O–H groups in total. The molecule has 1 amide bonds. The third-order valence-corrected chi connectivity index (χ3v) is 4.51. The average Bonchev–Trinajstić information content (AvgIpc) is 3.21. The molecule has 0 atom stereocenters. The van der Waals surface area contributed by atoms with Crippen molar-refractivity contribution in [3.8, 4) is 11.1 Å². The first-order valence-electron chi connectivity index (χ1n) is 11.6. The fourth-order valence-corrected chi connectivity index (χ4v) is 3.19. The Morgan fingerprint density at radius 1 is 1.11 bits per heavy atom. The van der Waals surface area contributed by atoms with Crippen molar-refractivity contribution in [3.63, 3.8) is 0 Å². The van der Waals surface area contributed by atoms with Crippen molar-refractivity contribution in [3.05, 3.63) is 47.3 Å². The SMILES string of the molecule is CC.CC.COC(OC)c1cc(-c2cccc(CNC(=O)OC(C)(C)C)c2F)c2onc(N)c2c1. The smallest absolute Gasteiger partial charge is 0.407 e. The van der Waals surface area contributed by atoms with Gasteiger partial charge in [0.05, 0.1) is 5.39 Å². The maximum absolute atomic E-state index is 15.4. The number of rotatable bonds is 6. The Balaban J connectivity index is 0.00000145. The predicted octanol–water partition coefficient (Wildman–Crippen LogP) is 6.58. The van der Waals surface area contributed by atoms with Crippen LogP contribution in [0.4, 0.5) is 15.0 Å². The fraction of sp³-hybridized carbons (Fsp3) is 0.462. The molecule has 3 aromatic rings. The molecular formula is C26H38FN3O5. The average molecular weight is 492 g/mol. The van der Waals surface area contributed by atoms with Crippen LogP contribution in [0.2, 0.25) is 0 Å². The number of hydrogen-bond acceptors (Lipinski definition) is 7. The van der Waals surface area contributed by atoms with Gasteiger partial charge in [-0.05, 0) is 32.9 Å². The highest BCUT2D eigenvalue weighted by Gasteiger charge is 2.22. The normalized spacial score (nSPS) is 10.8. The van der Waals surface area contributed by atoms with Gasteiger partial charge in [-0.2, -0.15) is 0 Å². The minimum absolute atomic E-state index is 0.0469. The zero-order valence-electron chi connectivity index (χ0n) is 22.1. The van der Waals surface area contributed by atoms with Crippen molar-refractivity contribution < 1.29 is 27.9 Å². The van der Waals surface area contributed by atoms with E-state index in [-0.39, 0.29) is 23.5 Å². The summed E-state index contributed by atoms with van der Waals surface area (Å²) in [6.45, 7) is 13.2. The Kier molecular flexibility index (Phi) is 11.6. The van der Waals surface area contributed by atoms with Crippen LogP contribution < -0.4 is 11.1 Å². The van der Waals surface area contributed by atoms with E-state index < -0.39 is 23.8 Å². The molecule has 8 nitrogen and oxygen atoms in total. The lowest BCUT2D eigenvalue weighted by molar-refractivity contribution is -0.105. The molecule has 0 radical (unpaired) electrons. The van der Waals surface area contributed by atoms with Crippen LogP contribution in [0.25, 0.3) is 22.1 Å². The molecule has 0 saturated heterocycles. The van der Waals surface area contributed by atoms with Gasteiger partial charge in [0.25, 0.3) is 0 Å². The first-order chi connectivity index (χ1) is 16.6. The van der Waals surface area contributed by atoms with E-state index >= 15 is 4.39 Å². The number of ether oxygens (including phenoxy) is 3. The Bertz CT molecular complexity index is 1090. The van der Waals surface area contributed by atoms with Crippen molar-refractivity contribution in [1.29, 1.82) is 0 Å². The quantitative estimate of drug-likeness (QED) is 0.375. The molecule has 194 valence electrons. The van der Waals surface area contributed by atoms with E-state index in [0.29, 0.717) is 22.1 Å². The Morgan fingerprint density at radius 2 is 1.74 bits per heavy atom. The molecule has 3 rings (SSSR count).